The monoisotopic (exact) mass is 857 g/mol. The Hall–Kier alpha value is -6.07. The molecule has 0 unspecified atom stereocenters. The molecule has 0 N–H and O–H groups in total. The molecule has 0 saturated heterocycles. The molecule has 306 valence electrons. The Morgan fingerprint density at radius 2 is 0.794 bits per heavy atom. The first-order valence-corrected chi connectivity index (χ1v) is 24.1. The summed E-state index contributed by atoms with van der Waals surface area (Å²) < 4.78 is 10.0. The van der Waals surface area contributed by atoms with Gasteiger partial charge in [-0.15, -0.1) is 21.9 Å². The number of fused-ring (bicyclic) bond motifs is 8. The Balaban J connectivity index is 1.39. The maximum absolute atomic E-state index is 7.39. The number of benzene rings is 8. The van der Waals surface area contributed by atoms with Crippen LogP contribution in [0.15, 0.2) is 77.2 Å². The van der Waals surface area contributed by atoms with E-state index in [4.69, 9.17) is 19.4 Å². The Morgan fingerprint density at radius 3 is 1.44 bits per heavy atom. The first-order valence-electron chi connectivity index (χ1n) is 24.1. The SMILES string of the molecule is Bc1c(B)c(B)c2c(oc3c(B)c(-n4c5c(B)c(B)c(B)c(B)c5c5c(B)c6c(B)c(B)c(B)c(B)c6c(B)c54)c(B)c(-c4nc(-c5ccccc5)nc(-c5ccc6ccccc6c5)n4)c32)c1B. The summed E-state index contributed by atoms with van der Waals surface area (Å²) in [5.74, 6) is 1.89. The Labute approximate surface area is 412 Å². The van der Waals surface area contributed by atoms with Crippen LogP contribution in [-0.4, -0.2) is 145 Å². The third-order valence-electron chi connectivity index (χ3n) is 16.9. The van der Waals surface area contributed by atoms with E-state index in [1.807, 2.05) is 6.07 Å². The van der Waals surface area contributed by atoms with Gasteiger partial charge in [0.1, 0.15) is 137 Å². The minimum absolute atomic E-state index is 0.625. The average molecular weight is 854 g/mol. The van der Waals surface area contributed by atoms with Crippen LogP contribution >= 0.6 is 0 Å². The van der Waals surface area contributed by atoms with E-state index in [9.17, 15) is 0 Å². The van der Waals surface area contributed by atoms with Gasteiger partial charge in [-0.3, -0.25) is 0 Å². The smallest absolute Gasteiger partial charge is 0.164 e. The molecule has 3 aromatic heterocycles. The van der Waals surface area contributed by atoms with Crippen molar-refractivity contribution in [3.63, 3.8) is 0 Å². The molecule has 0 radical (unpaired) electrons. The van der Waals surface area contributed by atoms with Crippen molar-refractivity contribution in [2.24, 2.45) is 0 Å². The molecule has 0 bridgehead atoms. The van der Waals surface area contributed by atoms with Crippen molar-refractivity contribution in [2.75, 3.05) is 0 Å². The van der Waals surface area contributed by atoms with Crippen LogP contribution in [0.5, 0.6) is 0 Å². The molecule has 0 spiro atoms. The van der Waals surface area contributed by atoms with E-state index >= 15 is 0 Å². The highest BCUT2D eigenvalue weighted by Crippen LogP contribution is 2.37. The van der Waals surface area contributed by atoms with Gasteiger partial charge >= 0.3 is 0 Å². The van der Waals surface area contributed by atoms with E-state index in [-0.39, 0.29) is 0 Å². The predicted molar refractivity (Wildman–Crippen MR) is 344 cm³/mol. The first-order chi connectivity index (χ1) is 32.4. The number of nitrogens with zero attached hydrogens (tertiary/aromatic N) is 4. The topological polar surface area (TPSA) is 56.7 Å². The number of aromatic nitrogens is 4. The molecular weight excluding hydrogens is 810 g/mol. The van der Waals surface area contributed by atoms with Crippen LogP contribution in [0.1, 0.15) is 0 Å². The van der Waals surface area contributed by atoms with Crippen molar-refractivity contribution in [2.45, 2.75) is 0 Å². The van der Waals surface area contributed by atoms with E-state index in [0.717, 1.165) is 66.1 Å². The fourth-order valence-electron chi connectivity index (χ4n) is 12.1. The van der Waals surface area contributed by atoms with Gasteiger partial charge in [-0.1, -0.05) is 127 Å². The van der Waals surface area contributed by atoms with E-state index in [1.165, 1.54) is 109 Å². The van der Waals surface area contributed by atoms with Gasteiger partial charge in [-0.2, -0.15) is 0 Å². The lowest BCUT2D eigenvalue weighted by Crippen LogP contribution is -2.50. The summed E-state index contributed by atoms with van der Waals surface area (Å²) in [5.41, 5.74) is 28.7. The maximum Gasteiger partial charge on any atom is 0.164 e. The fourth-order valence-corrected chi connectivity index (χ4v) is 12.1. The molecule has 11 aromatic rings. The molecule has 0 amide bonds. The minimum atomic E-state index is 0.625. The molecule has 0 aliphatic carbocycles. The molecule has 68 heavy (non-hydrogen) atoms. The Bertz CT molecular complexity index is 4120. The molecule has 0 fully saturated rings. The highest BCUT2D eigenvalue weighted by molar-refractivity contribution is 6.74. The standard InChI is InChI=1S/C47H44B16N4O/c48-24-18-19(26(50)32(56)31(55)25(18)49)29(53)40-20(24)21-27(51)33(57)35(59)37(61)41(21)67(40)42-30(54)23(17-22-28(52)34(58)36(60)38(62)44(22)68-43(17)39(42)63)47-65-45(14-7-2-1-3-8-14)64-46(66-47)16-11-10-13-6-4-5-9-15(13)12-16/h1-12H,48-63H2. The largest absolute Gasteiger partial charge is 0.457 e. The lowest BCUT2D eigenvalue weighted by atomic mass is 9.61. The van der Waals surface area contributed by atoms with Gasteiger partial charge in [0, 0.05) is 49.6 Å². The maximum atomic E-state index is 7.39. The summed E-state index contributed by atoms with van der Waals surface area (Å²) in [6, 6.07) is 25.3. The van der Waals surface area contributed by atoms with Crippen LogP contribution in [-0.2, 0) is 0 Å². The van der Waals surface area contributed by atoms with Crippen molar-refractivity contribution in [3.05, 3.63) is 72.8 Å². The second kappa shape index (κ2) is 15.7. The molecule has 5 nitrogen and oxygen atoms in total. The second-order valence-corrected chi connectivity index (χ2v) is 20.0. The Kier molecular flexibility index (Phi) is 10.3. The van der Waals surface area contributed by atoms with E-state index in [2.05, 4.69) is 197 Å². The molecule has 0 atom stereocenters. The zero-order valence-electron chi connectivity index (χ0n) is 42.6. The van der Waals surface area contributed by atoms with Crippen molar-refractivity contribution >= 4 is 278 Å². The van der Waals surface area contributed by atoms with Gasteiger partial charge in [-0.05, 0) is 38.5 Å². The number of furan rings is 1. The van der Waals surface area contributed by atoms with Crippen LogP contribution in [0.2, 0.25) is 0 Å². The number of rotatable bonds is 4. The normalized spacial score (nSPS) is 11.9. The summed E-state index contributed by atoms with van der Waals surface area (Å²) in [6.45, 7) is 0. The minimum Gasteiger partial charge on any atom is -0.457 e. The van der Waals surface area contributed by atoms with Crippen molar-refractivity contribution in [1.29, 1.82) is 0 Å². The number of hydrogen-bond acceptors (Lipinski definition) is 4. The average Bonchev–Trinajstić information content (AvgIpc) is 3.92. The summed E-state index contributed by atoms with van der Waals surface area (Å²) >= 11 is 0. The summed E-state index contributed by atoms with van der Waals surface area (Å²) in [7, 11) is 36.7. The van der Waals surface area contributed by atoms with Gasteiger partial charge in [0.15, 0.2) is 17.5 Å². The van der Waals surface area contributed by atoms with Crippen LogP contribution in [0.3, 0.4) is 0 Å². The molecule has 0 aliphatic rings. The van der Waals surface area contributed by atoms with Crippen LogP contribution in [0, 0.1) is 0 Å². The van der Waals surface area contributed by atoms with E-state index in [1.54, 1.807) is 0 Å². The fraction of sp³-hybridized carbons (Fsp3) is 0. The highest BCUT2D eigenvalue weighted by atomic mass is 16.3. The quantitative estimate of drug-likeness (QED) is 0.166. The number of hydrogen-bond donors (Lipinski definition) is 0. The molecule has 0 saturated carbocycles. The molecule has 0 aliphatic heterocycles. The van der Waals surface area contributed by atoms with Gasteiger partial charge in [0.25, 0.3) is 0 Å². The second-order valence-electron chi connectivity index (χ2n) is 20.0. The molecule has 11 rings (SSSR count). The van der Waals surface area contributed by atoms with Crippen molar-refractivity contribution in [1.82, 2.24) is 19.5 Å². The zero-order valence-corrected chi connectivity index (χ0v) is 42.6. The molecular formula is C47H44B16N4O. The van der Waals surface area contributed by atoms with E-state index < -0.39 is 0 Å². The van der Waals surface area contributed by atoms with Crippen molar-refractivity contribution in [3.8, 4) is 39.9 Å². The highest BCUT2D eigenvalue weighted by Gasteiger charge is 2.31. The van der Waals surface area contributed by atoms with Crippen LogP contribution in [0.25, 0.3) is 105 Å². The van der Waals surface area contributed by atoms with Gasteiger partial charge in [0.2, 0.25) is 0 Å². The first kappa shape index (κ1) is 44.4. The Morgan fingerprint density at radius 1 is 0.324 bits per heavy atom. The van der Waals surface area contributed by atoms with Gasteiger partial charge in [-0.25, -0.2) is 15.0 Å². The van der Waals surface area contributed by atoms with Crippen LogP contribution in [0.4, 0.5) is 0 Å². The lowest BCUT2D eigenvalue weighted by molar-refractivity contribution is 0.674. The molecule has 21 heteroatoms. The summed E-state index contributed by atoms with van der Waals surface area (Å²) in [6.07, 6.45) is 0. The zero-order chi connectivity index (χ0) is 48.1. The van der Waals surface area contributed by atoms with Crippen molar-refractivity contribution < 1.29 is 4.42 Å². The van der Waals surface area contributed by atoms with Gasteiger partial charge < -0.3 is 8.98 Å². The summed E-state index contributed by atoms with van der Waals surface area (Å²) in [5, 5.41) is 9.87. The predicted octanol–water partition coefficient (Wildman–Crippen LogP) is -15.7. The third-order valence-corrected chi connectivity index (χ3v) is 16.9. The van der Waals surface area contributed by atoms with E-state index in [0.29, 0.717) is 17.5 Å². The lowest BCUT2D eigenvalue weighted by Gasteiger charge is -2.24. The van der Waals surface area contributed by atoms with Crippen LogP contribution < -0.4 is 87.4 Å². The molecule has 8 aromatic carbocycles. The third kappa shape index (κ3) is 6.02. The molecule has 3 heterocycles. The van der Waals surface area contributed by atoms with Gasteiger partial charge in [0.05, 0.1) is 0 Å². The summed E-state index contributed by atoms with van der Waals surface area (Å²) in [4.78, 5) is 16.4.